The van der Waals surface area contributed by atoms with Crippen molar-refractivity contribution in [2.45, 2.75) is 26.2 Å². The van der Waals surface area contributed by atoms with Gasteiger partial charge in [-0.15, -0.1) is 0 Å². The van der Waals surface area contributed by atoms with E-state index >= 15 is 0 Å². The molecule has 1 aromatic carbocycles. The lowest BCUT2D eigenvalue weighted by Crippen LogP contribution is -2.30. The molecule has 32 heavy (non-hydrogen) atoms. The standard InChI is InChI=1S/C24H22FN7/c1-14-5-7-26-13-17(14)15-11-16-20(18(25)12-15)30-31-21(16)23-28-19-6-8-27-24(22(19)29-23)32-9-3-2-4-10-32/h5-8,11-13H,2-4,9-10H2,1H3,(H,28,29)(H,30,31). The first-order valence-electron chi connectivity index (χ1n) is 10.9. The highest BCUT2D eigenvalue weighted by atomic mass is 19.1. The van der Waals surface area contributed by atoms with Crippen LogP contribution < -0.4 is 4.90 Å². The number of benzene rings is 1. The van der Waals surface area contributed by atoms with Gasteiger partial charge in [-0.3, -0.25) is 10.1 Å². The van der Waals surface area contributed by atoms with Gasteiger partial charge in [0.25, 0.3) is 0 Å². The van der Waals surface area contributed by atoms with Crippen molar-refractivity contribution in [2.75, 3.05) is 18.0 Å². The Bertz CT molecular complexity index is 1450. The Kier molecular flexibility index (Phi) is 4.38. The molecule has 0 bridgehead atoms. The molecule has 1 fully saturated rings. The highest BCUT2D eigenvalue weighted by Gasteiger charge is 2.20. The molecule has 160 valence electrons. The minimum Gasteiger partial charge on any atom is -0.355 e. The third kappa shape index (κ3) is 3.02. The monoisotopic (exact) mass is 427 g/mol. The van der Waals surface area contributed by atoms with Crippen molar-refractivity contribution in [3.63, 3.8) is 0 Å². The van der Waals surface area contributed by atoms with Crippen molar-refractivity contribution >= 4 is 27.8 Å². The van der Waals surface area contributed by atoms with Crippen molar-refractivity contribution in [1.29, 1.82) is 0 Å². The Labute approximate surface area is 183 Å². The number of hydrogen-bond acceptors (Lipinski definition) is 5. The zero-order valence-electron chi connectivity index (χ0n) is 17.7. The number of halogens is 1. The van der Waals surface area contributed by atoms with Crippen molar-refractivity contribution in [3.8, 4) is 22.6 Å². The number of H-pyrrole nitrogens is 2. The molecular formula is C24H22FN7. The Morgan fingerprint density at radius 1 is 1.03 bits per heavy atom. The molecule has 0 amide bonds. The zero-order chi connectivity index (χ0) is 21.7. The van der Waals surface area contributed by atoms with Crippen LogP contribution in [0.3, 0.4) is 0 Å². The first-order chi connectivity index (χ1) is 15.7. The molecule has 0 saturated carbocycles. The number of hydrogen-bond donors (Lipinski definition) is 2. The number of aromatic amines is 2. The maximum Gasteiger partial charge on any atom is 0.157 e. The molecule has 0 spiro atoms. The second kappa shape index (κ2) is 7.40. The number of rotatable bonds is 3. The quantitative estimate of drug-likeness (QED) is 0.423. The summed E-state index contributed by atoms with van der Waals surface area (Å²) in [6.07, 6.45) is 8.88. The number of pyridine rings is 2. The van der Waals surface area contributed by atoms with Gasteiger partial charge in [-0.2, -0.15) is 5.10 Å². The number of aryl methyl sites for hydroxylation is 1. The molecule has 4 aromatic heterocycles. The predicted molar refractivity (Wildman–Crippen MR) is 123 cm³/mol. The van der Waals surface area contributed by atoms with E-state index in [0.29, 0.717) is 22.4 Å². The van der Waals surface area contributed by atoms with Gasteiger partial charge < -0.3 is 9.88 Å². The maximum atomic E-state index is 15.0. The highest BCUT2D eigenvalue weighted by molar-refractivity contribution is 5.97. The highest BCUT2D eigenvalue weighted by Crippen LogP contribution is 2.34. The van der Waals surface area contributed by atoms with E-state index in [1.807, 2.05) is 31.3 Å². The summed E-state index contributed by atoms with van der Waals surface area (Å²) in [6.45, 7) is 3.96. The van der Waals surface area contributed by atoms with E-state index < -0.39 is 0 Å². The lowest BCUT2D eigenvalue weighted by molar-refractivity contribution is 0.574. The Hall–Kier alpha value is -3.81. The summed E-state index contributed by atoms with van der Waals surface area (Å²) in [5.74, 6) is 1.13. The Balaban J connectivity index is 1.50. The van der Waals surface area contributed by atoms with Crippen LogP contribution in [0.5, 0.6) is 0 Å². The van der Waals surface area contributed by atoms with Gasteiger partial charge in [0.1, 0.15) is 16.7 Å². The molecule has 5 aromatic rings. The fraction of sp³-hybridized carbons (Fsp3) is 0.250. The average molecular weight is 427 g/mol. The molecule has 6 rings (SSSR count). The van der Waals surface area contributed by atoms with E-state index in [-0.39, 0.29) is 5.82 Å². The van der Waals surface area contributed by atoms with Crippen molar-refractivity contribution in [3.05, 3.63) is 54.2 Å². The van der Waals surface area contributed by atoms with Gasteiger partial charge in [0.05, 0.1) is 5.52 Å². The van der Waals surface area contributed by atoms with Crippen molar-refractivity contribution < 1.29 is 4.39 Å². The molecule has 7 nitrogen and oxygen atoms in total. The van der Waals surface area contributed by atoms with Crippen LogP contribution in [0.15, 0.2) is 42.9 Å². The number of fused-ring (bicyclic) bond motifs is 2. The zero-order valence-corrected chi connectivity index (χ0v) is 17.7. The number of anilines is 1. The Morgan fingerprint density at radius 3 is 2.75 bits per heavy atom. The number of piperidine rings is 1. The molecule has 1 aliphatic heterocycles. The van der Waals surface area contributed by atoms with Crippen LogP contribution in [0.2, 0.25) is 0 Å². The molecule has 0 unspecified atom stereocenters. The van der Waals surface area contributed by atoms with Gasteiger partial charge in [0, 0.05) is 42.6 Å². The largest absolute Gasteiger partial charge is 0.355 e. The molecule has 5 heterocycles. The molecule has 0 radical (unpaired) electrons. The number of nitrogens with zero attached hydrogens (tertiary/aromatic N) is 5. The molecule has 8 heteroatoms. The van der Waals surface area contributed by atoms with Crippen LogP contribution in [0.1, 0.15) is 24.8 Å². The van der Waals surface area contributed by atoms with Gasteiger partial charge in [-0.05, 0) is 61.6 Å². The topological polar surface area (TPSA) is 86.4 Å². The third-order valence-electron chi connectivity index (χ3n) is 6.24. The summed E-state index contributed by atoms with van der Waals surface area (Å²) < 4.78 is 15.0. The predicted octanol–water partition coefficient (Wildman–Crippen LogP) is 5.00. The fourth-order valence-corrected chi connectivity index (χ4v) is 4.55. The molecule has 2 N–H and O–H groups in total. The van der Waals surface area contributed by atoms with Gasteiger partial charge in [-0.1, -0.05) is 0 Å². The van der Waals surface area contributed by atoms with E-state index in [2.05, 4.69) is 30.0 Å². The summed E-state index contributed by atoms with van der Waals surface area (Å²) >= 11 is 0. The molecular weight excluding hydrogens is 405 g/mol. The van der Waals surface area contributed by atoms with Crippen LogP contribution in [-0.4, -0.2) is 43.2 Å². The van der Waals surface area contributed by atoms with Crippen molar-refractivity contribution in [1.82, 2.24) is 30.1 Å². The van der Waals surface area contributed by atoms with Crippen LogP contribution in [-0.2, 0) is 0 Å². The molecule has 1 saturated heterocycles. The summed E-state index contributed by atoms with van der Waals surface area (Å²) in [7, 11) is 0. The first kappa shape index (κ1) is 18.9. The SMILES string of the molecule is Cc1ccncc1-c1cc(F)c2n[nH]c(-c3nc4c(N5CCCCC5)nccc4[nH]3)c2c1. The summed E-state index contributed by atoms with van der Waals surface area (Å²) in [5.41, 5.74) is 5.36. The lowest BCUT2D eigenvalue weighted by Gasteiger charge is -2.27. The van der Waals surface area contributed by atoms with Gasteiger partial charge in [0.2, 0.25) is 0 Å². The minimum atomic E-state index is -0.380. The number of aromatic nitrogens is 6. The van der Waals surface area contributed by atoms with E-state index in [1.165, 1.54) is 12.5 Å². The average Bonchev–Trinajstić information content (AvgIpc) is 3.44. The smallest absolute Gasteiger partial charge is 0.157 e. The summed E-state index contributed by atoms with van der Waals surface area (Å²) in [4.78, 5) is 19.4. The first-order valence-corrected chi connectivity index (χ1v) is 10.9. The molecule has 1 aliphatic rings. The van der Waals surface area contributed by atoms with Gasteiger partial charge in [-0.25, -0.2) is 14.4 Å². The normalized spacial score (nSPS) is 14.5. The van der Waals surface area contributed by atoms with E-state index in [9.17, 15) is 4.39 Å². The van der Waals surface area contributed by atoms with Gasteiger partial charge in [0.15, 0.2) is 17.5 Å². The Morgan fingerprint density at radius 2 is 1.91 bits per heavy atom. The van der Waals surface area contributed by atoms with Crippen LogP contribution >= 0.6 is 0 Å². The molecule has 0 aliphatic carbocycles. The van der Waals surface area contributed by atoms with Crippen LogP contribution in [0, 0.1) is 12.7 Å². The second-order valence-corrected chi connectivity index (χ2v) is 8.31. The van der Waals surface area contributed by atoms with E-state index in [1.54, 1.807) is 12.4 Å². The van der Waals surface area contributed by atoms with E-state index in [0.717, 1.165) is 59.5 Å². The molecule has 0 atom stereocenters. The lowest BCUT2D eigenvalue weighted by atomic mass is 10.0. The summed E-state index contributed by atoms with van der Waals surface area (Å²) in [6, 6.07) is 7.29. The third-order valence-corrected chi connectivity index (χ3v) is 6.24. The van der Waals surface area contributed by atoms with Crippen LogP contribution in [0.4, 0.5) is 10.2 Å². The fourth-order valence-electron chi connectivity index (χ4n) is 4.55. The maximum absolute atomic E-state index is 15.0. The number of imidazole rings is 1. The number of nitrogens with one attached hydrogen (secondary N) is 2. The van der Waals surface area contributed by atoms with Crippen molar-refractivity contribution in [2.24, 2.45) is 0 Å². The van der Waals surface area contributed by atoms with Crippen LogP contribution in [0.25, 0.3) is 44.6 Å². The van der Waals surface area contributed by atoms with E-state index in [4.69, 9.17) is 4.98 Å². The summed E-state index contributed by atoms with van der Waals surface area (Å²) in [5, 5.41) is 7.90. The minimum absolute atomic E-state index is 0.292. The van der Waals surface area contributed by atoms with Gasteiger partial charge >= 0.3 is 0 Å². The second-order valence-electron chi connectivity index (χ2n) is 8.31.